The summed E-state index contributed by atoms with van der Waals surface area (Å²) < 4.78 is 0. The van der Waals surface area contributed by atoms with E-state index in [2.05, 4.69) is 25.7 Å². The predicted molar refractivity (Wildman–Crippen MR) is 102 cm³/mol. The summed E-state index contributed by atoms with van der Waals surface area (Å²) in [5.41, 5.74) is 0. The Morgan fingerprint density at radius 3 is 1.05 bits per heavy atom. The van der Waals surface area contributed by atoms with Gasteiger partial charge in [-0.2, -0.15) is 0 Å². The minimum Gasteiger partial charge on any atom is -0.103 e. The highest BCUT2D eigenvalue weighted by molar-refractivity contribution is 4.98. The van der Waals surface area contributed by atoms with E-state index >= 15 is 0 Å². The van der Waals surface area contributed by atoms with Crippen LogP contribution in [0.3, 0.4) is 0 Å². The Balaban J connectivity index is 3.02. The molecule has 0 aromatic rings. The SMILES string of the molecule is CCCCCC#CCCCCCCCCCCCCCCC. The molecule has 0 bridgehead atoms. The molecule has 0 aromatic carbocycles. The first-order valence-corrected chi connectivity index (χ1v) is 10.4. The van der Waals surface area contributed by atoms with Crippen molar-refractivity contribution in [2.45, 2.75) is 129 Å². The van der Waals surface area contributed by atoms with Crippen molar-refractivity contribution in [1.29, 1.82) is 0 Å². The molecule has 0 amide bonds. The third-order valence-corrected chi connectivity index (χ3v) is 4.44. The summed E-state index contributed by atoms with van der Waals surface area (Å²) >= 11 is 0. The maximum absolute atomic E-state index is 3.33. The summed E-state index contributed by atoms with van der Waals surface area (Å²) in [5, 5.41) is 0. The second-order valence-corrected chi connectivity index (χ2v) is 6.80. The van der Waals surface area contributed by atoms with Gasteiger partial charge in [-0.3, -0.25) is 0 Å². The van der Waals surface area contributed by atoms with Crippen LogP contribution in [-0.4, -0.2) is 0 Å². The molecule has 0 radical (unpaired) electrons. The molecule has 0 heterocycles. The quantitative estimate of drug-likeness (QED) is 0.200. The van der Waals surface area contributed by atoms with E-state index in [0.717, 1.165) is 12.8 Å². The zero-order valence-corrected chi connectivity index (χ0v) is 15.7. The average molecular weight is 307 g/mol. The largest absolute Gasteiger partial charge is 0.103 e. The molecule has 130 valence electrons. The van der Waals surface area contributed by atoms with E-state index in [1.54, 1.807) is 0 Å². The molecule has 0 aliphatic carbocycles. The van der Waals surface area contributed by atoms with Gasteiger partial charge in [-0.1, -0.05) is 104 Å². The molecule has 0 aromatic heterocycles. The molecule has 0 aliphatic rings. The molecular weight excluding hydrogens is 264 g/mol. The van der Waals surface area contributed by atoms with Crippen molar-refractivity contribution < 1.29 is 0 Å². The zero-order chi connectivity index (χ0) is 16.1. The minimum atomic E-state index is 1.12. The van der Waals surface area contributed by atoms with E-state index in [1.807, 2.05) is 0 Å². The Bertz CT molecular complexity index is 242. The van der Waals surface area contributed by atoms with Crippen LogP contribution in [0.25, 0.3) is 0 Å². The molecule has 0 rings (SSSR count). The average Bonchev–Trinajstić information content (AvgIpc) is 2.54. The first kappa shape index (κ1) is 21.6. The lowest BCUT2D eigenvalue weighted by atomic mass is 10.0. The Morgan fingerprint density at radius 2 is 0.636 bits per heavy atom. The minimum absolute atomic E-state index is 1.12. The Labute approximate surface area is 141 Å². The fourth-order valence-electron chi connectivity index (χ4n) is 2.87. The molecule has 0 fully saturated rings. The van der Waals surface area contributed by atoms with Crippen molar-refractivity contribution in [3.8, 4) is 11.8 Å². The first-order valence-electron chi connectivity index (χ1n) is 10.4. The summed E-state index contributed by atoms with van der Waals surface area (Å²) in [7, 11) is 0. The van der Waals surface area contributed by atoms with E-state index in [0.29, 0.717) is 0 Å². The second kappa shape index (κ2) is 20.6. The van der Waals surface area contributed by atoms with Crippen LogP contribution in [0.15, 0.2) is 0 Å². The van der Waals surface area contributed by atoms with E-state index < -0.39 is 0 Å². The fourth-order valence-corrected chi connectivity index (χ4v) is 2.87. The monoisotopic (exact) mass is 306 g/mol. The fraction of sp³-hybridized carbons (Fsp3) is 0.909. The lowest BCUT2D eigenvalue weighted by Crippen LogP contribution is -1.82. The van der Waals surface area contributed by atoms with Gasteiger partial charge in [-0.25, -0.2) is 0 Å². The molecule has 0 spiro atoms. The molecule has 0 N–H and O–H groups in total. The molecule has 0 unspecified atom stereocenters. The summed E-state index contributed by atoms with van der Waals surface area (Å²) in [5.74, 6) is 6.65. The van der Waals surface area contributed by atoms with Crippen LogP contribution in [0.4, 0.5) is 0 Å². The Hall–Kier alpha value is -0.440. The van der Waals surface area contributed by atoms with Crippen molar-refractivity contribution in [3.05, 3.63) is 0 Å². The van der Waals surface area contributed by atoms with Crippen LogP contribution >= 0.6 is 0 Å². The van der Waals surface area contributed by atoms with Crippen molar-refractivity contribution in [2.75, 3.05) is 0 Å². The smallest absolute Gasteiger partial charge is 0.00886 e. The third kappa shape index (κ3) is 19.6. The highest BCUT2D eigenvalue weighted by Gasteiger charge is 1.93. The maximum atomic E-state index is 3.33. The maximum Gasteiger partial charge on any atom is 0.00886 e. The second-order valence-electron chi connectivity index (χ2n) is 6.80. The van der Waals surface area contributed by atoms with Gasteiger partial charge in [0.25, 0.3) is 0 Å². The van der Waals surface area contributed by atoms with E-state index in [1.165, 1.54) is 103 Å². The van der Waals surface area contributed by atoms with Gasteiger partial charge in [0, 0.05) is 12.8 Å². The van der Waals surface area contributed by atoms with Gasteiger partial charge < -0.3 is 0 Å². The van der Waals surface area contributed by atoms with E-state index in [9.17, 15) is 0 Å². The summed E-state index contributed by atoms with van der Waals surface area (Å²) in [6, 6.07) is 0. The van der Waals surface area contributed by atoms with Gasteiger partial charge in [0.15, 0.2) is 0 Å². The number of unbranched alkanes of at least 4 members (excludes halogenated alkanes) is 16. The zero-order valence-electron chi connectivity index (χ0n) is 15.7. The van der Waals surface area contributed by atoms with Crippen molar-refractivity contribution >= 4 is 0 Å². The third-order valence-electron chi connectivity index (χ3n) is 4.44. The van der Waals surface area contributed by atoms with Crippen LogP contribution in [-0.2, 0) is 0 Å². The predicted octanol–water partition coefficient (Wildman–Crippen LogP) is 8.05. The molecule has 0 nitrogen and oxygen atoms in total. The topological polar surface area (TPSA) is 0 Å². The first-order chi connectivity index (χ1) is 10.9. The van der Waals surface area contributed by atoms with Gasteiger partial charge in [0.1, 0.15) is 0 Å². The van der Waals surface area contributed by atoms with E-state index in [4.69, 9.17) is 0 Å². The summed E-state index contributed by atoms with van der Waals surface area (Å²) in [6.07, 6.45) is 24.8. The Kier molecular flexibility index (Phi) is 20.1. The van der Waals surface area contributed by atoms with E-state index in [-0.39, 0.29) is 0 Å². The summed E-state index contributed by atoms with van der Waals surface area (Å²) in [4.78, 5) is 0. The van der Waals surface area contributed by atoms with Crippen LogP contribution in [0.5, 0.6) is 0 Å². The molecular formula is C22H42. The van der Waals surface area contributed by atoms with Crippen LogP contribution < -0.4 is 0 Å². The summed E-state index contributed by atoms with van der Waals surface area (Å²) in [6.45, 7) is 4.54. The molecule has 0 atom stereocenters. The van der Waals surface area contributed by atoms with Crippen LogP contribution in [0.2, 0.25) is 0 Å². The highest BCUT2D eigenvalue weighted by atomic mass is 14.0. The molecule has 0 saturated carbocycles. The lowest BCUT2D eigenvalue weighted by Gasteiger charge is -2.02. The number of hydrogen-bond acceptors (Lipinski definition) is 0. The highest BCUT2D eigenvalue weighted by Crippen LogP contribution is 2.12. The molecule has 22 heavy (non-hydrogen) atoms. The Morgan fingerprint density at radius 1 is 0.364 bits per heavy atom. The van der Waals surface area contributed by atoms with Crippen LogP contribution in [0, 0.1) is 11.8 Å². The van der Waals surface area contributed by atoms with Crippen molar-refractivity contribution in [3.63, 3.8) is 0 Å². The van der Waals surface area contributed by atoms with Crippen molar-refractivity contribution in [1.82, 2.24) is 0 Å². The van der Waals surface area contributed by atoms with Gasteiger partial charge in [-0.05, 0) is 12.8 Å². The standard InChI is InChI=1S/C22H42/c1-3-5-7-9-11-13-15-17-19-21-22-20-18-16-14-12-10-8-6-4-2/h3-11,13,15-22H2,1-2H3. The van der Waals surface area contributed by atoms with Crippen molar-refractivity contribution in [2.24, 2.45) is 0 Å². The number of hydrogen-bond donors (Lipinski definition) is 0. The normalized spacial score (nSPS) is 10.5. The molecule has 0 saturated heterocycles. The lowest BCUT2D eigenvalue weighted by molar-refractivity contribution is 0.540. The molecule has 0 aliphatic heterocycles. The van der Waals surface area contributed by atoms with Gasteiger partial charge in [0.05, 0.1) is 0 Å². The molecule has 0 heteroatoms. The van der Waals surface area contributed by atoms with Gasteiger partial charge in [-0.15, -0.1) is 11.8 Å². The van der Waals surface area contributed by atoms with Gasteiger partial charge in [0.2, 0.25) is 0 Å². The van der Waals surface area contributed by atoms with Gasteiger partial charge >= 0.3 is 0 Å². The number of rotatable bonds is 16. The van der Waals surface area contributed by atoms with Crippen LogP contribution in [0.1, 0.15) is 129 Å².